The average Bonchev–Trinajstić information content (AvgIpc) is 3.11. The summed E-state index contributed by atoms with van der Waals surface area (Å²) in [6, 6.07) is 15.1. The number of aromatic amines is 1. The van der Waals surface area contributed by atoms with Gasteiger partial charge in [0.25, 0.3) is 5.91 Å². The number of aromatic nitrogens is 1. The zero-order valence-corrected chi connectivity index (χ0v) is 16.6. The van der Waals surface area contributed by atoms with Crippen LogP contribution in [0.4, 0.5) is 0 Å². The summed E-state index contributed by atoms with van der Waals surface area (Å²) in [5.41, 5.74) is 2.57. The van der Waals surface area contributed by atoms with Gasteiger partial charge >= 0.3 is 0 Å². The van der Waals surface area contributed by atoms with Crippen LogP contribution in [-0.2, 0) is 21.5 Å². The summed E-state index contributed by atoms with van der Waals surface area (Å²) >= 11 is 5.92. The minimum Gasteiger partial charge on any atom is -0.356 e. The van der Waals surface area contributed by atoms with E-state index < -0.39 is 5.54 Å². The third-order valence-corrected chi connectivity index (χ3v) is 6.13. The van der Waals surface area contributed by atoms with Crippen LogP contribution in [0.25, 0.3) is 10.9 Å². The number of nitrogens with one attached hydrogen (secondary N) is 1. The smallest absolute Gasteiger partial charge is 0.275 e. The zero-order chi connectivity index (χ0) is 20.2. The summed E-state index contributed by atoms with van der Waals surface area (Å²) in [5.74, 6) is -0.320. The molecule has 2 amide bonds. The van der Waals surface area contributed by atoms with Crippen molar-refractivity contribution in [3.63, 3.8) is 0 Å². The van der Waals surface area contributed by atoms with E-state index in [0.29, 0.717) is 11.6 Å². The quantitative estimate of drug-likeness (QED) is 0.663. The number of para-hydroxylation sites is 1. The number of carbonyl (C=O) groups excluding carboxylic acids is 2. The largest absolute Gasteiger partial charge is 0.356 e. The Morgan fingerprint density at radius 1 is 1.14 bits per heavy atom. The molecular formula is C22H19ClN4O2. The van der Waals surface area contributed by atoms with Crippen molar-refractivity contribution in [1.29, 1.82) is 0 Å². The Hall–Kier alpha value is -3.12. The molecular weight excluding hydrogens is 388 g/mol. The number of benzene rings is 2. The van der Waals surface area contributed by atoms with Gasteiger partial charge in [-0.25, -0.2) is 5.01 Å². The molecule has 1 atom stereocenters. The highest BCUT2D eigenvalue weighted by molar-refractivity contribution is 6.30. The summed E-state index contributed by atoms with van der Waals surface area (Å²) in [5, 5.41) is 7.33. The lowest BCUT2D eigenvalue weighted by Gasteiger charge is -2.48. The predicted octanol–water partition coefficient (Wildman–Crippen LogP) is 3.30. The molecule has 2 aliphatic heterocycles. The van der Waals surface area contributed by atoms with Gasteiger partial charge in [-0.05, 0) is 42.7 Å². The number of hydrazone groups is 1. The minimum absolute atomic E-state index is 0.0614. The SMILES string of the molecule is C[C@]12C(=O)N(/N=C\c3ccc(Cl)cc3)CC(=O)N1CCc1c2[nH]c2ccccc12. The third kappa shape index (κ3) is 2.67. The fourth-order valence-corrected chi connectivity index (χ4v) is 4.49. The second-order valence-electron chi connectivity index (χ2n) is 7.55. The van der Waals surface area contributed by atoms with Gasteiger partial charge in [0.1, 0.15) is 6.54 Å². The number of rotatable bonds is 2. The first kappa shape index (κ1) is 17.9. The third-order valence-electron chi connectivity index (χ3n) is 5.88. The van der Waals surface area contributed by atoms with Crippen LogP contribution in [0.5, 0.6) is 0 Å². The standard InChI is InChI=1S/C22H19ClN4O2/c1-22-20-17(16-4-2-3-5-18(16)25-20)10-11-26(22)19(28)13-27(21(22)29)24-12-14-6-8-15(23)9-7-14/h2-9,12,25H,10-11,13H2,1H3/b24-12-/t22-/m0/s1. The molecule has 2 aromatic carbocycles. The van der Waals surface area contributed by atoms with Crippen molar-refractivity contribution in [3.8, 4) is 0 Å². The number of hydrogen-bond donors (Lipinski definition) is 1. The highest BCUT2D eigenvalue weighted by Crippen LogP contribution is 2.41. The van der Waals surface area contributed by atoms with Crippen molar-refractivity contribution in [1.82, 2.24) is 14.9 Å². The molecule has 5 rings (SSSR count). The van der Waals surface area contributed by atoms with Gasteiger partial charge in [0, 0.05) is 22.5 Å². The van der Waals surface area contributed by atoms with Crippen molar-refractivity contribution in [2.75, 3.05) is 13.1 Å². The Morgan fingerprint density at radius 3 is 2.69 bits per heavy atom. The normalized spacial score (nSPS) is 21.7. The van der Waals surface area contributed by atoms with E-state index in [1.165, 1.54) is 5.01 Å². The monoisotopic (exact) mass is 406 g/mol. The number of carbonyl (C=O) groups is 2. The van der Waals surface area contributed by atoms with E-state index >= 15 is 0 Å². The van der Waals surface area contributed by atoms with Crippen LogP contribution in [0.1, 0.15) is 23.7 Å². The number of halogens is 1. The zero-order valence-electron chi connectivity index (χ0n) is 15.9. The molecule has 6 nitrogen and oxygen atoms in total. The van der Waals surface area contributed by atoms with Crippen molar-refractivity contribution >= 4 is 40.5 Å². The fraction of sp³-hybridized carbons (Fsp3) is 0.227. The lowest BCUT2D eigenvalue weighted by atomic mass is 9.83. The predicted molar refractivity (Wildman–Crippen MR) is 112 cm³/mol. The Bertz CT molecular complexity index is 1170. The summed E-state index contributed by atoms with van der Waals surface area (Å²) in [6.07, 6.45) is 2.30. The van der Waals surface area contributed by atoms with Gasteiger partial charge in [-0.1, -0.05) is 41.9 Å². The van der Waals surface area contributed by atoms with Gasteiger partial charge < -0.3 is 9.88 Å². The van der Waals surface area contributed by atoms with Crippen molar-refractivity contribution in [2.45, 2.75) is 18.9 Å². The number of hydrogen-bond acceptors (Lipinski definition) is 3. The highest BCUT2D eigenvalue weighted by atomic mass is 35.5. The van der Waals surface area contributed by atoms with E-state index in [-0.39, 0.29) is 18.4 Å². The van der Waals surface area contributed by atoms with Gasteiger partial charge in [-0.3, -0.25) is 9.59 Å². The van der Waals surface area contributed by atoms with Crippen LogP contribution in [0, 0.1) is 0 Å². The first-order valence-corrected chi connectivity index (χ1v) is 9.88. The topological polar surface area (TPSA) is 68.8 Å². The Morgan fingerprint density at radius 2 is 1.90 bits per heavy atom. The fourth-order valence-electron chi connectivity index (χ4n) is 4.37. The summed E-state index contributed by atoms with van der Waals surface area (Å²) in [7, 11) is 0. The second-order valence-corrected chi connectivity index (χ2v) is 7.99. The van der Waals surface area contributed by atoms with Gasteiger partial charge in [0.05, 0.1) is 11.9 Å². The Labute approximate surface area is 172 Å². The van der Waals surface area contributed by atoms with E-state index in [0.717, 1.165) is 34.1 Å². The Kier molecular flexibility index (Phi) is 3.99. The molecule has 2 aliphatic rings. The molecule has 0 bridgehead atoms. The van der Waals surface area contributed by atoms with Crippen LogP contribution in [0.15, 0.2) is 53.6 Å². The molecule has 0 radical (unpaired) electrons. The van der Waals surface area contributed by atoms with Gasteiger partial charge in [-0.15, -0.1) is 0 Å². The number of nitrogens with zero attached hydrogens (tertiary/aromatic N) is 3. The number of H-pyrrole nitrogens is 1. The van der Waals surface area contributed by atoms with Gasteiger partial charge in [0.15, 0.2) is 5.54 Å². The molecule has 146 valence electrons. The molecule has 1 fully saturated rings. The molecule has 7 heteroatoms. The molecule has 3 aromatic rings. The first-order chi connectivity index (χ1) is 14.0. The maximum absolute atomic E-state index is 13.5. The van der Waals surface area contributed by atoms with Gasteiger partial charge in [0.2, 0.25) is 5.91 Å². The highest BCUT2D eigenvalue weighted by Gasteiger charge is 2.54. The van der Waals surface area contributed by atoms with Crippen LogP contribution in [0.3, 0.4) is 0 Å². The van der Waals surface area contributed by atoms with Crippen molar-refractivity contribution in [3.05, 3.63) is 70.4 Å². The Balaban J connectivity index is 1.56. The van der Waals surface area contributed by atoms with E-state index in [1.54, 1.807) is 23.2 Å². The lowest BCUT2D eigenvalue weighted by Crippen LogP contribution is -2.65. The molecule has 0 spiro atoms. The van der Waals surface area contributed by atoms with E-state index in [9.17, 15) is 9.59 Å². The molecule has 0 aliphatic carbocycles. The molecule has 1 aromatic heterocycles. The van der Waals surface area contributed by atoms with E-state index in [2.05, 4.69) is 16.2 Å². The molecule has 0 saturated carbocycles. The molecule has 3 heterocycles. The molecule has 1 N–H and O–H groups in total. The summed E-state index contributed by atoms with van der Waals surface area (Å²) < 4.78 is 0. The summed E-state index contributed by atoms with van der Waals surface area (Å²) in [4.78, 5) is 31.5. The maximum Gasteiger partial charge on any atom is 0.275 e. The van der Waals surface area contributed by atoms with Crippen LogP contribution in [-0.4, -0.2) is 46.0 Å². The first-order valence-electron chi connectivity index (χ1n) is 9.50. The molecule has 29 heavy (non-hydrogen) atoms. The lowest BCUT2D eigenvalue weighted by molar-refractivity contribution is -0.165. The van der Waals surface area contributed by atoms with Crippen molar-refractivity contribution < 1.29 is 9.59 Å². The maximum atomic E-state index is 13.5. The number of piperazine rings is 1. The average molecular weight is 407 g/mol. The number of amides is 2. The number of fused-ring (bicyclic) bond motifs is 5. The van der Waals surface area contributed by atoms with Crippen LogP contribution in [0.2, 0.25) is 5.02 Å². The van der Waals surface area contributed by atoms with Gasteiger partial charge in [-0.2, -0.15) is 5.10 Å². The molecule has 1 saturated heterocycles. The molecule has 0 unspecified atom stereocenters. The van der Waals surface area contributed by atoms with Crippen molar-refractivity contribution in [2.24, 2.45) is 5.10 Å². The van der Waals surface area contributed by atoms with Crippen LogP contribution < -0.4 is 0 Å². The van der Waals surface area contributed by atoms with E-state index in [1.807, 2.05) is 37.3 Å². The summed E-state index contributed by atoms with van der Waals surface area (Å²) in [6.45, 7) is 2.27. The minimum atomic E-state index is -1.10. The van der Waals surface area contributed by atoms with Crippen LogP contribution >= 0.6 is 11.6 Å². The second kappa shape index (κ2) is 6.46. The van der Waals surface area contributed by atoms with E-state index in [4.69, 9.17) is 11.6 Å².